The molecule has 3 nitrogen and oxygen atoms in total. The fourth-order valence-corrected chi connectivity index (χ4v) is 5.22. The SMILES string of the molecule is Cc1ccc(S(=O)(=O)N2C(/C=C/c3ccccc3)C2c2c(F)c(F)c(F)c(F)c2F)cc1. The molecule has 0 aliphatic carbocycles. The van der Waals surface area contributed by atoms with Gasteiger partial charge >= 0.3 is 0 Å². The van der Waals surface area contributed by atoms with E-state index >= 15 is 0 Å². The number of hydrogen-bond acceptors (Lipinski definition) is 2. The molecule has 3 atom stereocenters. The molecular weight excluding hydrogens is 449 g/mol. The summed E-state index contributed by atoms with van der Waals surface area (Å²) in [7, 11) is -4.29. The van der Waals surface area contributed by atoms with Gasteiger partial charge in [0.2, 0.25) is 15.8 Å². The highest BCUT2D eigenvalue weighted by Gasteiger charge is 2.57. The highest BCUT2D eigenvalue weighted by molar-refractivity contribution is 7.89. The van der Waals surface area contributed by atoms with Crippen LogP contribution in [0.2, 0.25) is 0 Å². The van der Waals surface area contributed by atoms with Gasteiger partial charge in [-0.25, -0.2) is 30.4 Å². The molecule has 0 N–H and O–H groups in total. The fraction of sp³-hybridized carbons (Fsp3) is 0.130. The lowest BCUT2D eigenvalue weighted by molar-refractivity contribution is 0.368. The normalized spacial score (nSPS) is 20.6. The number of halogens is 5. The van der Waals surface area contributed by atoms with E-state index in [1.54, 1.807) is 49.4 Å². The molecule has 0 bridgehead atoms. The molecule has 4 rings (SSSR count). The van der Waals surface area contributed by atoms with Crippen LogP contribution in [0.15, 0.2) is 65.6 Å². The third-order valence-electron chi connectivity index (χ3n) is 5.22. The number of sulfonamides is 1. The van der Waals surface area contributed by atoms with E-state index in [0.29, 0.717) is 5.56 Å². The summed E-state index contributed by atoms with van der Waals surface area (Å²) >= 11 is 0. The maximum atomic E-state index is 14.5. The van der Waals surface area contributed by atoms with Crippen molar-refractivity contribution < 1.29 is 30.4 Å². The number of nitrogens with zero attached hydrogens (tertiary/aromatic N) is 1. The van der Waals surface area contributed by atoms with Crippen molar-refractivity contribution in [1.82, 2.24) is 4.31 Å². The summed E-state index contributed by atoms with van der Waals surface area (Å²) in [5.41, 5.74) is 0.273. The standard InChI is InChI=1S/C23H16F5NO2S/c1-13-7-10-15(11-8-13)32(30,31)29-16(12-9-14-5-3-2-4-6-14)23(29)17-18(24)20(26)22(28)21(27)19(17)25/h2-12,16,23H,1H3/b12-9+. The molecule has 3 aromatic carbocycles. The predicted molar refractivity (Wildman–Crippen MR) is 108 cm³/mol. The largest absolute Gasteiger partial charge is 0.244 e. The maximum absolute atomic E-state index is 14.5. The van der Waals surface area contributed by atoms with Crippen LogP contribution in [0.25, 0.3) is 6.08 Å². The van der Waals surface area contributed by atoms with Crippen LogP contribution in [0.1, 0.15) is 22.7 Å². The predicted octanol–water partition coefficient (Wildman–Crippen LogP) is 5.52. The van der Waals surface area contributed by atoms with Crippen molar-refractivity contribution in [3.8, 4) is 0 Å². The molecule has 0 amide bonds. The van der Waals surface area contributed by atoms with Gasteiger partial charge in [-0.2, -0.15) is 4.31 Å². The van der Waals surface area contributed by atoms with Gasteiger partial charge < -0.3 is 0 Å². The molecule has 166 valence electrons. The van der Waals surface area contributed by atoms with Crippen molar-refractivity contribution >= 4 is 16.1 Å². The Morgan fingerprint density at radius 3 is 1.88 bits per heavy atom. The van der Waals surface area contributed by atoms with E-state index in [9.17, 15) is 30.4 Å². The third kappa shape index (κ3) is 3.71. The Hall–Kier alpha value is -3.04. The Morgan fingerprint density at radius 1 is 0.781 bits per heavy atom. The quantitative estimate of drug-likeness (QED) is 0.215. The van der Waals surface area contributed by atoms with Crippen LogP contribution in [-0.4, -0.2) is 18.8 Å². The van der Waals surface area contributed by atoms with Gasteiger partial charge in [-0.05, 0) is 24.6 Å². The monoisotopic (exact) mass is 465 g/mol. The molecule has 32 heavy (non-hydrogen) atoms. The Kier molecular flexibility index (Phi) is 5.64. The molecule has 1 aliphatic heterocycles. The first-order valence-electron chi connectivity index (χ1n) is 9.49. The van der Waals surface area contributed by atoms with Gasteiger partial charge in [0, 0.05) is 0 Å². The minimum Gasteiger partial charge on any atom is -0.207 e. The van der Waals surface area contributed by atoms with Crippen molar-refractivity contribution in [3.63, 3.8) is 0 Å². The Bertz CT molecular complexity index is 1280. The van der Waals surface area contributed by atoms with Crippen LogP contribution < -0.4 is 0 Å². The molecule has 1 heterocycles. The minimum absolute atomic E-state index is 0.160. The minimum atomic E-state index is -4.29. The van der Waals surface area contributed by atoms with Crippen molar-refractivity contribution in [2.75, 3.05) is 0 Å². The topological polar surface area (TPSA) is 37.1 Å². The van der Waals surface area contributed by atoms with E-state index in [1.165, 1.54) is 24.3 Å². The Labute approximate surface area is 181 Å². The lowest BCUT2D eigenvalue weighted by Crippen LogP contribution is -2.15. The van der Waals surface area contributed by atoms with Crippen molar-refractivity contribution in [2.24, 2.45) is 0 Å². The van der Waals surface area contributed by atoms with Crippen LogP contribution in [-0.2, 0) is 10.0 Å². The average molecular weight is 465 g/mol. The first kappa shape index (κ1) is 22.2. The van der Waals surface area contributed by atoms with E-state index in [0.717, 1.165) is 9.87 Å². The zero-order valence-electron chi connectivity index (χ0n) is 16.6. The van der Waals surface area contributed by atoms with Gasteiger partial charge in [0.15, 0.2) is 23.3 Å². The van der Waals surface area contributed by atoms with E-state index in [1.807, 2.05) is 0 Å². The molecule has 0 spiro atoms. The summed E-state index contributed by atoms with van der Waals surface area (Å²) < 4.78 is 97.1. The summed E-state index contributed by atoms with van der Waals surface area (Å²) in [6.45, 7) is 1.75. The molecule has 9 heteroatoms. The van der Waals surface area contributed by atoms with Crippen molar-refractivity contribution in [1.29, 1.82) is 0 Å². The molecule has 3 aromatic rings. The third-order valence-corrected chi connectivity index (χ3v) is 7.12. The Balaban J connectivity index is 1.82. The number of hydrogen-bond donors (Lipinski definition) is 0. The van der Waals surface area contributed by atoms with Crippen LogP contribution >= 0.6 is 0 Å². The average Bonchev–Trinajstić information content (AvgIpc) is 3.51. The van der Waals surface area contributed by atoms with Crippen molar-refractivity contribution in [3.05, 3.63) is 106 Å². The number of benzene rings is 3. The van der Waals surface area contributed by atoms with Crippen LogP contribution in [0.5, 0.6) is 0 Å². The van der Waals surface area contributed by atoms with Gasteiger partial charge in [0.25, 0.3) is 0 Å². The molecule has 0 aromatic heterocycles. The summed E-state index contributed by atoms with van der Waals surface area (Å²) in [6, 6.07) is 11.6. The molecule has 3 unspecified atom stereocenters. The van der Waals surface area contributed by atoms with E-state index in [4.69, 9.17) is 0 Å². The van der Waals surface area contributed by atoms with Crippen molar-refractivity contribution in [2.45, 2.75) is 23.9 Å². The van der Waals surface area contributed by atoms with Crippen LogP contribution in [0, 0.1) is 36.0 Å². The highest BCUT2D eigenvalue weighted by atomic mass is 32.2. The van der Waals surface area contributed by atoms with E-state index in [-0.39, 0.29) is 4.90 Å². The van der Waals surface area contributed by atoms with Crippen LogP contribution in [0.4, 0.5) is 22.0 Å². The van der Waals surface area contributed by atoms with Gasteiger partial charge in [-0.3, -0.25) is 0 Å². The molecule has 0 radical (unpaired) electrons. The number of aryl methyl sites for hydroxylation is 1. The molecule has 1 saturated heterocycles. The lowest BCUT2D eigenvalue weighted by atomic mass is 10.1. The second kappa shape index (κ2) is 8.14. The van der Waals surface area contributed by atoms with Gasteiger partial charge in [0.05, 0.1) is 22.5 Å². The summed E-state index contributed by atoms with van der Waals surface area (Å²) in [5, 5.41) is 0. The second-order valence-corrected chi connectivity index (χ2v) is 9.18. The summed E-state index contributed by atoms with van der Waals surface area (Å²) in [6.07, 6.45) is 2.89. The van der Waals surface area contributed by atoms with E-state index in [2.05, 4.69) is 0 Å². The fourth-order valence-electron chi connectivity index (χ4n) is 3.51. The molecule has 1 aliphatic rings. The summed E-state index contributed by atoms with van der Waals surface area (Å²) in [4.78, 5) is -0.160. The zero-order chi connectivity index (χ0) is 23.2. The van der Waals surface area contributed by atoms with Gasteiger partial charge in [0.1, 0.15) is 0 Å². The Morgan fingerprint density at radius 2 is 1.31 bits per heavy atom. The first-order chi connectivity index (χ1) is 15.1. The molecule has 0 saturated carbocycles. The van der Waals surface area contributed by atoms with Crippen LogP contribution in [0.3, 0.4) is 0 Å². The van der Waals surface area contributed by atoms with E-state index < -0.39 is 56.8 Å². The number of rotatable bonds is 5. The lowest BCUT2D eigenvalue weighted by Gasteiger charge is -2.09. The highest BCUT2D eigenvalue weighted by Crippen LogP contribution is 2.50. The second-order valence-electron chi connectivity index (χ2n) is 7.34. The first-order valence-corrected chi connectivity index (χ1v) is 10.9. The maximum Gasteiger partial charge on any atom is 0.244 e. The molecular formula is C23H16F5NO2S. The summed E-state index contributed by atoms with van der Waals surface area (Å²) in [5.74, 6) is -10.6. The van der Waals surface area contributed by atoms with Gasteiger partial charge in [-0.15, -0.1) is 0 Å². The molecule has 1 fully saturated rings. The zero-order valence-corrected chi connectivity index (χ0v) is 17.4. The smallest absolute Gasteiger partial charge is 0.207 e. The van der Waals surface area contributed by atoms with Gasteiger partial charge in [-0.1, -0.05) is 60.2 Å².